The van der Waals surface area contributed by atoms with Crippen LogP contribution < -0.4 is 0 Å². The first-order chi connectivity index (χ1) is 9.52. The van der Waals surface area contributed by atoms with Crippen molar-refractivity contribution in [1.82, 2.24) is 4.57 Å². The molecule has 0 saturated carbocycles. The molecule has 4 heteroatoms. The quantitative estimate of drug-likeness (QED) is 0.772. The molecule has 20 heavy (non-hydrogen) atoms. The molecule has 0 radical (unpaired) electrons. The fourth-order valence-electron chi connectivity index (χ4n) is 2.62. The zero-order valence-electron chi connectivity index (χ0n) is 12.2. The molecule has 1 heterocycles. The second-order valence-corrected chi connectivity index (χ2v) is 5.44. The summed E-state index contributed by atoms with van der Waals surface area (Å²) in [5.41, 5.74) is 3.56. The van der Waals surface area contributed by atoms with Crippen molar-refractivity contribution in [1.29, 1.82) is 0 Å². The predicted molar refractivity (Wildman–Crippen MR) is 82.3 cm³/mol. The van der Waals surface area contributed by atoms with Gasteiger partial charge in [0.1, 0.15) is 0 Å². The number of ether oxygens (including phenoxy) is 1. The minimum absolute atomic E-state index is 0.124. The molecule has 0 unspecified atom stereocenters. The lowest BCUT2D eigenvalue weighted by Crippen LogP contribution is -2.07. The molecule has 0 aliphatic heterocycles. The fraction of sp³-hybridized carbons (Fsp3) is 0.438. The summed E-state index contributed by atoms with van der Waals surface area (Å²) in [4.78, 5) is 11.4. The van der Waals surface area contributed by atoms with Crippen LogP contribution in [0.5, 0.6) is 0 Å². The van der Waals surface area contributed by atoms with Crippen LogP contribution in [-0.2, 0) is 16.1 Å². The Morgan fingerprint density at radius 1 is 1.30 bits per heavy atom. The lowest BCUT2D eigenvalue weighted by atomic mass is 10.1. The van der Waals surface area contributed by atoms with Crippen LogP contribution in [0.4, 0.5) is 0 Å². The molecule has 0 saturated heterocycles. The number of aryl methyl sites for hydroxylation is 3. The molecule has 0 bridgehead atoms. The Morgan fingerprint density at radius 3 is 2.75 bits per heavy atom. The molecule has 0 aliphatic carbocycles. The molecule has 108 valence electrons. The van der Waals surface area contributed by atoms with E-state index in [-0.39, 0.29) is 5.97 Å². The summed E-state index contributed by atoms with van der Waals surface area (Å²) < 4.78 is 7.20. The fourth-order valence-corrected chi connectivity index (χ4v) is 2.90. The average molecular weight is 294 g/mol. The molecule has 2 aromatic rings. The lowest BCUT2D eigenvalue weighted by molar-refractivity contribution is -0.143. The molecular weight excluding hydrogens is 274 g/mol. The number of aromatic nitrogens is 1. The Balaban J connectivity index is 2.18. The highest BCUT2D eigenvalue weighted by molar-refractivity contribution is 6.31. The molecule has 1 aromatic carbocycles. The summed E-state index contributed by atoms with van der Waals surface area (Å²) in [6.45, 7) is 7.24. The molecule has 3 nitrogen and oxygen atoms in total. The zero-order chi connectivity index (χ0) is 14.7. The van der Waals surface area contributed by atoms with Crippen LogP contribution in [0.3, 0.4) is 0 Å². The molecule has 1 aromatic heterocycles. The van der Waals surface area contributed by atoms with Gasteiger partial charge in [0.05, 0.1) is 12.1 Å². The van der Waals surface area contributed by atoms with E-state index in [1.807, 2.05) is 19.1 Å². The van der Waals surface area contributed by atoms with Gasteiger partial charge in [-0.1, -0.05) is 11.6 Å². The summed E-state index contributed by atoms with van der Waals surface area (Å²) >= 11 is 6.10. The van der Waals surface area contributed by atoms with Gasteiger partial charge in [-0.2, -0.15) is 0 Å². The maximum atomic E-state index is 11.4. The normalized spacial score (nSPS) is 11.0. The van der Waals surface area contributed by atoms with Gasteiger partial charge >= 0.3 is 5.97 Å². The number of esters is 1. The van der Waals surface area contributed by atoms with Crippen molar-refractivity contribution in [3.05, 3.63) is 34.5 Å². The van der Waals surface area contributed by atoms with Gasteiger partial charge in [0.2, 0.25) is 0 Å². The summed E-state index contributed by atoms with van der Waals surface area (Å²) in [5.74, 6) is -0.124. The Morgan fingerprint density at radius 2 is 2.05 bits per heavy atom. The van der Waals surface area contributed by atoms with Crippen molar-refractivity contribution in [3.8, 4) is 0 Å². The number of halogens is 1. The highest BCUT2D eigenvalue weighted by Crippen LogP contribution is 2.27. The van der Waals surface area contributed by atoms with E-state index in [9.17, 15) is 4.79 Å². The maximum absolute atomic E-state index is 11.4. The number of carbonyl (C=O) groups excluding carboxylic acids is 1. The second-order valence-electron chi connectivity index (χ2n) is 5.01. The summed E-state index contributed by atoms with van der Waals surface area (Å²) in [6, 6.07) is 6.10. The number of fused-ring (bicyclic) bond motifs is 1. The van der Waals surface area contributed by atoms with Crippen molar-refractivity contribution >= 4 is 28.5 Å². The molecular formula is C16H20ClNO2. The van der Waals surface area contributed by atoms with Gasteiger partial charge < -0.3 is 9.30 Å². The van der Waals surface area contributed by atoms with E-state index < -0.39 is 0 Å². The van der Waals surface area contributed by atoms with Gasteiger partial charge in [0.25, 0.3) is 0 Å². The lowest BCUT2D eigenvalue weighted by Gasteiger charge is -2.10. The molecule has 2 rings (SSSR count). The van der Waals surface area contributed by atoms with Gasteiger partial charge in [-0.25, -0.2) is 0 Å². The molecule has 0 atom stereocenters. The molecule has 0 aliphatic rings. The topological polar surface area (TPSA) is 31.2 Å². The van der Waals surface area contributed by atoms with Crippen LogP contribution in [-0.4, -0.2) is 17.1 Å². The first kappa shape index (κ1) is 14.9. The Kier molecular flexibility index (Phi) is 4.71. The van der Waals surface area contributed by atoms with Crippen LogP contribution in [0.25, 0.3) is 10.9 Å². The highest BCUT2D eigenvalue weighted by Gasteiger charge is 2.10. The van der Waals surface area contributed by atoms with Crippen molar-refractivity contribution in [2.45, 2.75) is 40.2 Å². The van der Waals surface area contributed by atoms with E-state index in [4.69, 9.17) is 16.3 Å². The first-order valence-electron chi connectivity index (χ1n) is 6.94. The van der Waals surface area contributed by atoms with E-state index in [1.165, 1.54) is 11.2 Å². The van der Waals surface area contributed by atoms with Crippen LogP contribution in [0.15, 0.2) is 18.2 Å². The minimum Gasteiger partial charge on any atom is -0.466 e. The van der Waals surface area contributed by atoms with Crippen molar-refractivity contribution in [2.24, 2.45) is 0 Å². The third-order valence-corrected chi connectivity index (χ3v) is 3.64. The van der Waals surface area contributed by atoms with Crippen molar-refractivity contribution in [2.75, 3.05) is 6.61 Å². The van der Waals surface area contributed by atoms with Crippen LogP contribution in [0.1, 0.15) is 31.0 Å². The van der Waals surface area contributed by atoms with E-state index in [2.05, 4.69) is 24.5 Å². The van der Waals surface area contributed by atoms with Gasteiger partial charge in [-0.05, 0) is 51.0 Å². The third-order valence-electron chi connectivity index (χ3n) is 3.42. The summed E-state index contributed by atoms with van der Waals surface area (Å²) in [5, 5.41) is 1.92. The smallest absolute Gasteiger partial charge is 0.305 e. The van der Waals surface area contributed by atoms with E-state index in [0.717, 1.165) is 28.9 Å². The summed E-state index contributed by atoms with van der Waals surface area (Å²) in [7, 11) is 0. The molecule has 0 fully saturated rings. The Labute approximate surface area is 124 Å². The van der Waals surface area contributed by atoms with Crippen molar-refractivity contribution in [3.63, 3.8) is 0 Å². The van der Waals surface area contributed by atoms with Gasteiger partial charge in [0.15, 0.2) is 0 Å². The highest BCUT2D eigenvalue weighted by atomic mass is 35.5. The average Bonchev–Trinajstić information content (AvgIpc) is 2.66. The number of hydrogen-bond donors (Lipinski definition) is 0. The molecule has 0 N–H and O–H groups in total. The summed E-state index contributed by atoms with van der Waals surface area (Å²) in [6.07, 6.45) is 1.24. The van der Waals surface area contributed by atoms with Crippen molar-refractivity contribution < 1.29 is 9.53 Å². The first-order valence-corrected chi connectivity index (χ1v) is 7.32. The number of hydrogen-bond acceptors (Lipinski definition) is 2. The van der Waals surface area contributed by atoms with E-state index in [0.29, 0.717) is 13.0 Å². The molecule has 0 amide bonds. The number of benzene rings is 1. The predicted octanol–water partition coefficient (Wildman–Crippen LogP) is 4.25. The maximum Gasteiger partial charge on any atom is 0.305 e. The van der Waals surface area contributed by atoms with Gasteiger partial charge in [-0.15, -0.1) is 0 Å². The van der Waals surface area contributed by atoms with Gasteiger partial charge in [0, 0.05) is 29.1 Å². The standard InChI is InChI=1S/C16H20ClNO2/c1-4-20-15(19)6-5-7-18-12(3)9-13-10-14(17)8-11(2)16(13)18/h8-10H,4-7H2,1-3H3. The zero-order valence-corrected chi connectivity index (χ0v) is 13.0. The Hall–Kier alpha value is -1.48. The Bertz CT molecular complexity index is 631. The van der Waals surface area contributed by atoms with E-state index >= 15 is 0 Å². The van der Waals surface area contributed by atoms with Crippen LogP contribution in [0, 0.1) is 13.8 Å². The SMILES string of the molecule is CCOC(=O)CCCn1c(C)cc2cc(Cl)cc(C)c21. The largest absolute Gasteiger partial charge is 0.466 e. The van der Waals surface area contributed by atoms with E-state index in [1.54, 1.807) is 0 Å². The molecule has 0 spiro atoms. The second kappa shape index (κ2) is 6.31. The number of carbonyl (C=O) groups is 1. The minimum atomic E-state index is -0.124. The number of rotatable bonds is 5. The third kappa shape index (κ3) is 3.15. The van der Waals surface area contributed by atoms with Gasteiger partial charge in [-0.3, -0.25) is 4.79 Å². The van der Waals surface area contributed by atoms with Crippen LogP contribution in [0.2, 0.25) is 5.02 Å². The monoisotopic (exact) mass is 293 g/mol. The number of nitrogens with zero attached hydrogens (tertiary/aromatic N) is 1. The van der Waals surface area contributed by atoms with Crippen LogP contribution >= 0.6 is 11.6 Å².